The molecule has 0 saturated carbocycles. The maximum Gasteiger partial charge on any atom is 0.247 e. The summed E-state index contributed by atoms with van der Waals surface area (Å²) in [5.41, 5.74) is 1.08. The molecule has 25 heavy (non-hydrogen) atoms. The summed E-state index contributed by atoms with van der Waals surface area (Å²) in [5, 5.41) is 11.2. The van der Waals surface area contributed by atoms with Crippen molar-refractivity contribution in [3.05, 3.63) is 36.0 Å². The van der Waals surface area contributed by atoms with E-state index in [0.717, 1.165) is 11.3 Å². The van der Waals surface area contributed by atoms with Gasteiger partial charge in [-0.15, -0.1) is 5.10 Å². The fraction of sp³-hybridized carbons (Fsp3) is 0.438. The molecule has 1 fully saturated rings. The van der Waals surface area contributed by atoms with Crippen molar-refractivity contribution >= 4 is 21.6 Å². The minimum absolute atomic E-state index is 0.108. The van der Waals surface area contributed by atoms with Crippen LogP contribution in [-0.4, -0.2) is 55.3 Å². The van der Waals surface area contributed by atoms with Crippen LogP contribution in [0.25, 0.3) is 0 Å². The van der Waals surface area contributed by atoms with Crippen LogP contribution in [0.5, 0.6) is 5.75 Å². The third-order valence-electron chi connectivity index (χ3n) is 4.25. The Morgan fingerprint density at radius 2 is 2.08 bits per heavy atom. The first-order valence-corrected chi connectivity index (χ1v) is 9.79. The highest BCUT2D eigenvalue weighted by atomic mass is 32.2. The van der Waals surface area contributed by atoms with Crippen LogP contribution in [0.4, 0.5) is 11.8 Å². The van der Waals surface area contributed by atoms with Crippen molar-refractivity contribution in [1.82, 2.24) is 15.2 Å². The fourth-order valence-electron chi connectivity index (χ4n) is 2.71. The van der Waals surface area contributed by atoms with Gasteiger partial charge in [-0.05, 0) is 24.1 Å². The predicted octanol–water partition coefficient (Wildman–Crippen LogP) is 1.12. The lowest BCUT2D eigenvalue weighted by atomic mass is 10.2. The lowest BCUT2D eigenvalue weighted by molar-refractivity contribution is 0.414. The van der Waals surface area contributed by atoms with E-state index >= 15 is 0 Å². The molecule has 1 atom stereocenters. The van der Waals surface area contributed by atoms with Gasteiger partial charge in [0, 0.05) is 19.6 Å². The van der Waals surface area contributed by atoms with E-state index in [1.165, 1.54) is 0 Å². The van der Waals surface area contributed by atoms with E-state index in [-0.39, 0.29) is 17.5 Å². The zero-order valence-electron chi connectivity index (χ0n) is 14.2. The molecule has 0 amide bonds. The van der Waals surface area contributed by atoms with Gasteiger partial charge in [0.2, 0.25) is 5.95 Å². The number of sulfone groups is 1. The molecule has 3 rings (SSSR count). The van der Waals surface area contributed by atoms with Gasteiger partial charge in [0.1, 0.15) is 5.75 Å². The number of anilines is 2. The molecule has 2 aromatic rings. The Labute approximate surface area is 147 Å². The number of ether oxygens (including phenoxy) is 1. The molecule has 2 heterocycles. The Hall–Kier alpha value is -2.42. The molecule has 0 aliphatic carbocycles. The van der Waals surface area contributed by atoms with Crippen LogP contribution in [0.15, 0.2) is 30.5 Å². The molecule has 1 unspecified atom stereocenters. The van der Waals surface area contributed by atoms with Gasteiger partial charge in [0.05, 0.1) is 24.8 Å². The second-order valence-electron chi connectivity index (χ2n) is 6.01. The first-order valence-electron chi connectivity index (χ1n) is 7.96. The van der Waals surface area contributed by atoms with Crippen molar-refractivity contribution in [2.75, 3.05) is 35.9 Å². The number of nitrogens with one attached hydrogen (secondary N) is 1. The minimum Gasteiger partial charge on any atom is -0.497 e. The SMILES string of the molecule is COc1ccc(CNc2cnnc(N(C)C3CCS(=O)(=O)C3)n2)cc1. The van der Waals surface area contributed by atoms with Crippen molar-refractivity contribution in [3.8, 4) is 5.75 Å². The fourth-order valence-corrected chi connectivity index (χ4v) is 4.48. The number of methoxy groups -OCH3 is 1. The molecule has 9 heteroatoms. The quantitative estimate of drug-likeness (QED) is 0.815. The molecule has 1 aromatic heterocycles. The maximum absolute atomic E-state index is 11.6. The van der Waals surface area contributed by atoms with Gasteiger partial charge in [0.15, 0.2) is 15.7 Å². The molecular weight excluding hydrogens is 342 g/mol. The van der Waals surface area contributed by atoms with E-state index in [0.29, 0.717) is 24.7 Å². The first kappa shape index (κ1) is 17.4. The van der Waals surface area contributed by atoms with E-state index in [9.17, 15) is 8.42 Å². The lowest BCUT2D eigenvalue weighted by Gasteiger charge is -2.22. The van der Waals surface area contributed by atoms with Gasteiger partial charge in [0.25, 0.3) is 0 Å². The molecule has 1 aromatic carbocycles. The largest absolute Gasteiger partial charge is 0.497 e. The molecular formula is C16H21N5O3S. The Bertz CT molecular complexity index is 826. The molecule has 1 saturated heterocycles. The van der Waals surface area contributed by atoms with E-state index < -0.39 is 9.84 Å². The summed E-state index contributed by atoms with van der Waals surface area (Å²) in [7, 11) is 0.480. The molecule has 0 spiro atoms. The average Bonchev–Trinajstić information content (AvgIpc) is 3.00. The van der Waals surface area contributed by atoms with Crippen molar-refractivity contribution in [2.24, 2.45) is 0 Å². The summed E-state index contributed by atoms with van der Waals surface area (Å²) >= 11 is 0. The second-order valence-corrected chi connectivity index (χ2v) is 8.24. The summed E-state index contributed by atoms with van der Waals surface area (Å²) in [6.07, 6.45) is 2.14. The smallest absolute Gasteiger partial charge is 0.247 e. The number of hydrogen-bond acceptors (Lipinski definition) is 8. The monoisotopic (exact) mass is 363 g/mol. The van der Waals surface area contributed by atoms with Crippen molar-refractivity contribution in [2.45, 2.75) is 19.0 Å². The first-order chi connectivity index (χ1) is 12.0. The zero-order chi connectivity index (χ0) is 17.9. The van der Waals surface area contributed by atoms with E-state index in [2.05, 4.69) is 20.5 Å². The van der Waals surface area contributed by atoms with Gasteiger partial charge >= 0.3 is 0 Å². The highest BCUT2D eigenvalue weighted by Crippen LogP contribution is 2.20. The number of benzene rings is 1. The van der Waals surface area contributed by atoms with E-state index in [4.69, 9.17) is 4.74 Å². The third-order valence-corrected chi connectivity index (χ3v) is 6.00. The highest BCUT2D eigenvalue weighted by molar-refractivity contribution is 7.91. The molecule has 1 aliphatic heterocycles. The van der Waals surface area contributed by atoms with E-state index in [1.54, 1.807) is 25.3 Å². The highest BCUT2D eigenvalue weighted by Gasteiger charge is 2.31. The van der Waals surface area contributed by atoms with Crippen LogP contribution >= 0.6 is 0 Å². The summed E-state index contributed by atoms with van der Waals surface area (Å²) in [4.78, 5) is 6.22. The standard InChI is InChI=1S/C16H21N5O3S/c1-21(13-7-8-25(22,23)11-13)16-19-15(10-18-20-16)17-9-12-3-5-14(24-2)6-4-12/h3-6,10,13H,7-9,11H2,1-2H3,(H,17,19,20). The lowest BCUT2D eigenvalue weighted by Crippen LogP contribution is -2.34. The summed E-state index contributed by atoms with van der Waals surface area (Å²) < 4.78 is 28.4. The molecule has 8 nitrogen and oxygen atoms in total. The molecule has 0 bridgehead atoms. The van der Waals surface area contributed by atoms with E-state index in [1.807, 2.05) is 24.3 Å². The second kappa shape index (κ2) is 7.22. The number of aromatic nitrogens is 3. The summed E-state index contributed by atoms with van der Waals surface area (Å²) in [6, 6.07) is 7.63. The number of hydrogen-bond donors (Lipinski definition) is 1. The minimum atomic E-state index is -2.95. The van der Waals surface area contributed by atoms with Gasteiger partial charge in [-0.3, -0.25) is 0 Å². The normalized spacial score (nSPS) is 18.7. The van der Waals surface area contributed by atoms with Crippen LogP contribution in [-0.2, 0) is 16.4 Å². The van der Waals surface area contributed by atoms with Gasteiger partial charge in [-0.2, -0.15) is 10.1 Å². The maximum atomic E-state index is 11.6. The molecule has 1 N–H and O–H groups in total. The number of rotatable bonds is 6. The van der Waals surface area contributed by atoms with Crippen LogP contribution < -0.4 is 15.0 Å². The van der Waals surface area contributed by atoms with Crippen molar-refractivity contribution in [1.29, 1.82) is 0 Å². The van der Waals surface area contributed by atoms with Gasteiger partial charge < -0.3 is 15.0 Å². The zero-order valence-corrected chi connectivity index (χ0v) is 15.0. The van der Waals surface area contributed by atoms with Gasteiger partial charge in [-0.25, -0.2) is 8.42 Å². The Balaban J connectivity index is 1.64. The van der Waals surface area contributed by atoms with Crippen LogP contribution in [0, 0.1) is 0 Å². The summed E-state index contributed by atoms with van der Waals surface area (Å²) in [5.74, 6) is 2.17. The Morgan fingerprint density at radius 3 is 2.72 bits per heavy atom. The predicted molar refractivity (Wildman–Crippen MR) is 95.6 cm³/mol. The number of nitrogens with zero attached hydrogens (tertiary/aromatic N) is 4. The van der Waals surface area contributed by atoms with Crippen LogP contribution in [0.3, 0.4) is 0 Å². The van der Waals surface area contributed by atoms with Crippen molar-refractivity contribution in [3.63, 3.8) is 0 Å². The van der Waals surface area contributed by atoms with Crippen LogP contribution in [0.1, 0.15) is 12.0 Å². The van der Waals surface area contributed by atoms with Crippen molar-refractivity contribution < 1.29 is 13.2 Å². The average molecular weight is 363 g/mol. The molecule has 134 valence electrons. The van der Waals surface area contributed by atoms with Gasteiger partial charge in [-0.1, -0.05) is 12.1 Å². The summed E-state index contributed by atoms with van der Waals surface area (Å²) in [6.45, 7) is 0.587. The molecule has 1 aliphatic rings. The molecule has 0 radical (unpaired) electrons. The Morgan fingerprint density at radius 1 is 1.32 bits per heavy atom. The topological polar surface area (TPSA) is 97.3 Å². The van der Waals surface area contributed by atoms with Crippen LogP contribution in [0.2, 0.25) is 0 Å². The Kier molecular flexibility index (Phi) is 5.03. The third kappa shape index (κ3) is 4.36.